The zero-order valence-corrected chi connectivity index (χ0v) is 19.4. The van der Waals surface area contributed by atoms with Gasteiger partial charge in [0, 0.05) is 49.2 Å². The van der Waals surface area contributed by atoms with E-state index >= 15 is 0 Å². The lowest BCUT2D eigenvalue weighted by Gasteiger charge is -2.38. The first-order valence-corrected chi connectivity index (χ1v) is 11.5. The monoisotopic (exact) mass is 475 g/mol. The fraction of sp³-hybridized carbons (Fsp3) is 0.346. The number of likely N-dealkylation sites (tertiary alicyclic amines) is 1. The smallest absolute Gasteiger partial charge is 0.270 e. The lowest BCUT2D eigenvalue weighted by molar-refractivity contribution is -0.384. The number of imide groups is 1. The van der Waals surface area contributed by atoms with E-state index in [1.165, 1.54) is 29.2 Å². The third-order valence-corrected chi connectivity index (χ3v) is 7.19. The molecule has 0 radical (unpaired) electrons. The molecule has 0 aromatic heterocycles. The average molecular weight is 476 g/mol. The highest BCUT2D eigenvalue weighted by Gasteiger charge is 2.64. The minimum Gasteiger partial charge on any atom is -0.385 e. The second-order valence-corrected chi connectivity index (χ2v) is 9.11. The molecule has 2 amide bonds. The van der Waals surface area contributed by atoms with Crippen LogP contribution in [0.15, 0.2) is 54.6 Å². The number of hydrogen-bond acceptors (Lipinski definition) is 7. The Morgan fingerprint density at radius 2 is 1.83 bits per heavy atom. The number of anilines is 1. The standard InChI is InChI=1S/C26H25N3O6/c1-15-13-20-21-22(26(32)27(25(21)31)11-6-12-35-2)23(28(20)19-10-4-3-9-18(15)19)24(30)16-7-5-8-17(14-16)29(33)34/h3-5,7-10,13-14,20-23H,6,11-12H2,1-2H3/t20-,21+,22-,23-/m1/s1. The number of nitro benzene ring substituents is 1. The fourth-order valence-electron chi connectivity index (χ4n) is 5.69. The van der Waals surface area contributed by atoms with Crippen molar-refractivity contribution in [3.8, 4) is 0 Å². The van der Waals surface area contributed by atoms with Crippen LogP contribution in [0.4, 0.5) is 11.4 Å². The first-order chi connectivity index (χ1) is 16.8. The number of nitro groups is 1. The van der Waals surface area contributed by atoms with Gasteiger partial charge < -0.3 is 9.64 Å². The number of methoxy groups -OCH3 is 1. The number of ether oxygens (including phenoxy) is 1. The summed E-state index contributed by atoms with van der Waals surface area (Å²) in [6.45, 7) is 2.59. The van der Waals surface area contributed by atoms with Crippen molar-refractivity contribution in [1.82, 2.24) is 4.90 Å². The van der Waals surface area contributed by atoms with Gasteiger partial charge in [-0.3, -0.25) is 29.4 Å². The Kier molecular flexibility index (Phi) is 5.72. The zero-order valence-electron chi connectivity index (χ0n) is 19.4. The van der Waals surface area contributed by atoms with Crippen molar-refractivity contribution >= 4 is 34.5 Å². The van der Waals surface area contributed by atoms with Gasteiger partial charge in [-0.2, -0.15) is 0 Å². The Morgan fingerprint density at radius 3 is 2.57 bits per heavy atom. The highest BCUT2D eigenvalue weighted by atomic mass is 16.6. The molecule has 0 aliphatic carbocycles. The van der Waals surface area contributed by atoms with Crippen LogP contribution in [-0.2, 0) is 14.3 Å². The van der Waals surface area contributed by atoms with Crippen LogP contribution in [0.1, 0.15) is 29.3 Å². The number of rotatable bonds is 7. The molecule has 35 heavy (non-hydrogen) atoms. The molecule has 0 unspecified atom stereocenters. The highest BCUT2D eigenvalue weighted by molar-refractivity contribution is 6.14. The molecule has 2 fully saturated rings. The summed E-state index contributed by atoms with van der Waals surface area (Å²) < 4.78 is 5.08. The van der Waals surface area contributed by atoms with Crippen molar-refractivity contribution in [3.63, 3.8) is 0 Å². The van der Waals surface area contributed by atoms with Crippen LogP contribution in [0.3, 0.4) is 0 Å². The maximum absolute atomic E-state index is 13.9. The topological polar surface area (TPSA) is 110 Å². The predicted octanol–water partition coefficient (Wildman–Crippen LogP) is 3.09. The molecule has 2 aromatic carbocycles. The molecule has 3 aliphatic heterocycles. The summed E-state index contributed by atoms with van der Waals surface area (Å²) in [6.07, 6.45) is 2.47. The molecule has 180 valence electrons. The van der Waals surface area contributed by atoms with Gasteiger partial charge in [0.05, 0.1) is 22.8 Å². The van der Waals surface area contributed by atoms with Gasteiger partial charge in [0.15, 0.2) is 5.78 Å². The number of non-ortho nitro benzene ring substituents is 1. The molecule has 0 bridgehead atoms. The molecule has 0 N–H and O–H groups in total. The Hall–Kier alpha value is -3.85. The number of nitrogens with zero attached hydrogens (tertiary/aromatic N) is 3. The molecule has 2 aromatic rings. The average Bonchev–Trinajstić information content (AvgIpc) is 3.32. The number of ketones is 1. The van der Waals surface area contributed by atoms with E-state index in [4.69, 9.17) is 4.74 Å². The second kappa shape index (κ2) is 8.74. The quantitative estimate of drug-likeness (QED) is 0.199. The molecule has 4 atom stereocenters. The third-order valence-electron chi connectivity index (χ3n) is 7.19. The molecule has 9 nitrogen and oxygen atoms in total. The summed E-state index contributed by atoms with van der Waals surface area (Å²) in [4.78, 5) is 55.0. The lowest BCUT2D eigenvalue weighted by Crippen LogP contribution is -2.49. The molecule has 5 rings (SSSR count). The number of para-hydroxylation sites is 1. The summed E-state index contributed by atoms with van der Waals surface area (Å²) in [7, 11) is 1.56. The van der Waals surface area contributed by atoms with Crippen LogP contribution in [0.2, 0.25) is 0 Å². The number of amides is 2. The van der Waals surface area contributed by atoms with Crippen LogP contribution >= 0.6 is 0 Å². The van der Waals surface area contributed by atoms with E-state index in [0.29, 0.717) is 13.0 Å². The van der Waals surface area contributed by atoms with E-state index in [2.05, 4.69) is 0 Å². The molecule has 9 heteroatoms. The van der Waals surface area contributed by atoms with Crippen molar-refractivity contribution in [1.29, 1.82) is 0 Å². The first-order valence-electron chi connectivity index (χ1n) is 11.5. The van der Waals surface area contributed by atoms with Gasteiger partial charge in [-0.1, -0.05) is 36.4 Å². The van der Waals surface area contributed by atoms with E-state index in [1.807, 2.05) is 42.2 Å². The van der Waals surface area contributed by atoms with Crippen LogP contribution < -0.4 is 4.90 Å². The van der Waals surface area contributed by atoms with Gasteiger partial charge in [0.2, 0.25) is 11.8 Å². The molecule has 2 saturated heterocycles. The van der Waals surface area contributed by atoms with E-state index in [9.17, 15) is 24.5 Å². The van der Waals surface area contributed by atoms with Gasteiger partial charge in [0.25, 0.3) is 5.69 Å². The van der Waals surface area contributed by atoms with Crippen LogP contribution in [0.5, 0.6) is 0 Å². The number of carbonyl (C=O) groups excluding carboxylic acids is 3. The van der Waals surface area contributed by atoms with Crippen LogP contribution in [0, 0.1) is 22.0 Å². The summed E-state index contributed by atoms with van der Waals surface area (Å²) in [5.41, 5.74) is 2.62. The van der Waals surface area contributed by atoms with Gasteiger partial charge in [-0.05, 0) is 25.0 Å². The van der Waals surface area contributed by atoms with E-state index < -0.39 is 34.6 Å². The van der Waals surface area contributed by atoms with Gasteiger partial charge in [0.1, 0.15) is 6.04 Å². The molecule has 0 saturated carbocycles. The second-order valence-electron chi connectivity index (χ2n) is 9.11. The molecule has 3 aliphatic rings. The number of benzene rings is 2. The van der Waals surface area contributed by atoms with Crippen LogP contribution in [-0.4, -0.2) is 59.8 Å². The number of Topliss-reactive ketones (excluding diaryl/α,β-unsaturated/α-hetero) is 1. The van der Waals surface area contributed by atoms with Crippen molar-refractivity contribution < 1.29 is 24.0 Å². The number of allylic oxidation sites excluding steroid dienone is 1. The van der Waals surface area contributed by atoms with E-state index in [0.717, 1.165) is 16.8 Å². The summed E-state index contributed by atoms with van der Waals surface area (Å²) in [6, 6.07) is 11.7. The maximum atomic E-state index is 13.9. The number of fused-ring (bicyclic) bond motifs is 5. The summed E-state index contributed by atoms with van der Waals surface area (Å²) in [5, 5.41) is 11.3. The SMILES string of the molecule is COCCCN1C(=O)[C@@H]2[C@@H](C1=O)[C@H](C(=O)c1cccc([N+](=O)[O-])c1)N1c3ccccc3C(C)=C[C@H]21. The summed E-state index contributed by atoms with van der Waals surface area (Å²) in [5.74, 6) is -2.66. The van der Waals surface area contributed by atoms with E-state index in [-0.39, 0.29) is 29.6 Å². The maximum Gasteiger partial charge on any atom is 0.270 e. The normalized spacial score (nSPS) is 24.7. The van der Waals surface area contributed by atoms with Gasteiger partial charge in [-0.15, -0.1) is 0 Å². The Labute approximate surface area is 202 Å². The lowest BCUT2D eigenvalue weighted by atomic mass is 9.85. The van der Waals surface area contributed by atoms with Crippen LogP contribution in [0.25, 0.3) is 5.57 Å². The third kappa shape index (κ3) is 3.54. The minimum atomic E-state index is -0.957. The molecule has 0 spiro atoms. The number of carbonyl (C=O) groups is 3. The minimum absolute atomic E-state index is 0.144. The van der Waals surface area contributed by atoms with Crippen molar-refractivity contribution in [2.24, 2.45) is 11.8 Å². The molecular weight excluding hydrogens is 450 g/mol. The van der Waals surface area contributed by atoms with Crippen molar-refractivity contribution in [2.45, 2.75) is 25.4 Å². The van der Waals surface area contributed by atoms with Crippen molar-refractivity contribution in [3.05, 3.63) is 75.8 Å². The van der Waals surface area contributed by atoms with Gasteiger partial charge in [-0.25, -0.2) is 0 Å². The Morgan fingerprint density at radius 1 is 1.09 bits per heavy atom. The molecular formula is C26H25N3O6. The highest BCUT2D eigenvalue weighted by Crippen LogP contribution is 2.50. The van der Waals surface area contributed by atoms with E-state index in [1.54, 1.807) is 7.11 Å². The van der Waals surface area contributed by atoms with Gasteiger partial charge >= 0.3 is 0 Å². The zero-order chi connectivity index (χ0) is 24.9. The Bertz CT molecular complexity index is 1270. The first kappa shape index (κ1) is 22.9. The summed E-state index contributed by atoms with van der Waals surface area (Å²) >= 11 is 0. The molecule has 3 heterocycles. The number of hydrogen-bond donors (Lipinski definition) is 0. The predicted molar refractivity (Wildman–Crippen MR) is 128 cm³/mol. The Balaban J connectivity index is 1.62. The van der Waals surface area contributed by atoms with Crippen molar-refractivity contribution in [2.75, 3.05) is 25.2 Å². The fourth-order valence-corrected chi connectivity index (χ4v) is 5.69. The largest absolute Gasteiger partial charge is 0.385 e.